The molecule has 0 rings (SSSR count). The first-order valence-corrected chi connectivity index (χ1v) is 6.51. The predicted octanol–water partition coefficient (Wildman–Crippen LogP) is 0.755. The molecule has 0 radical (unpaired) electrons. The molecule has 0 bridgehead atoms. The van der Waals surface area contributed by atoms with Crippen LogP contribution >= 0.6 is 0 Å². The summed E-state index contributed by atoms with van der Waals surface area (Å²) in [6, 6.07) is 0. The number of carbonyl (C=O) groups is 2. The molecule has 0 aliphatic carbocycles. The summed E-state index contributed by atoms with van der Waals surface area (Å²) >= 11 is 1.37. The number of carboxylic acids is 2. The summed E-state index contributed by atoms with van der Waals surface area (Å²) in [5.41, 5.74) is 0. The van der Waals surface area contributed by atoms with Gasteiger partial charge in [-0.1, -0.05) is 13.8 Å². The molecule has 0 fully saturated rings. The Kier molecular flexibility index (Phi) is 26.4. The van der Waals surface area contributed by atoms with E-state index in [1.165, 1.54) is 31.6 Å². The van der Waals surface area contributed by atoms with Gasteiger partial charge < -0.3 is 15.5 Å². The van der Waals surface area contributed by atoms with Crippen molar-refractivity contribution in [2.24, 2.45) is 0 Å². The van der Waals surface area contributed by atoms with Crippen LogP contribution in [0.15, 0.2) is 0 Å². The van der Waals surface area contributed by atoms with E-state index in [9.17, 15) is 9.59 Å². The van der Waals surface area contributed by atoms with Gasteiger partial charge in [-0.15, -0.1) is 0 Å². The van der Waals surface area contributed by atoms with E-state index >= 15 is 0 Å². The Balaban J connectivity index is -0.000000158. The summed E-state index contributed by atoms with van der Waals surface area (Å²) in [6.07, 6.45) is -0.806. The zero-order valence-electron chi connectivity index (χ0n) is 10.0. The van der Waals surface area contributed by atoms with Gasteiger partial charge in [0, 0.05) is 0 Å². The maximum Gasteiger partial charge on any atom is 0.314 e. The van der Waals surface area contributed by atoms with E-state index in [4.69, 9.17) is 10.2 Å². The molecule has 5 nitrogen and oxygen atoms in total. The molecule has 0 spiro atoms. The number of nitrogens with one attached hydrogen (secondary N) is 1. The second-order valence-electron chi connectivity index (χ2n) is 2.63. The molecule has 0 aliphatic rings. The summed E-state index contributed by atoms with van der Waals surface area (Å²) in [7, 11) is 0. The molecule has 0 saturated carbocycles. The topological polar surface area (TPSA) is 86.6 Å². The fourth-order valence-corrected chi connectivity index (χ4v) is 0.379. The van der Waals surface area contributed by atoms with Crippen LogP contribution in [0.3, 0.4) is 0 Å². The van der Waals surface area contributed by atoms with Gasteiger partial charge in [0.05, 0.1) is 0 Å². The quantitative estimate of drug-likeness (QED) is 0.489. The largest absolute Gasteiger partial charge is 0.481 e. The Bertz CT molecular complexity index is 139. The Morgan fingerprint density at radius 2 is 1.33 bits per heavy atom. The molecule has 0 aliphatic heterocycles. The van der Waals surface area contributed by atoms with Crippen molar-refractivity contribution in [2.75, 3.05) is 13.1 Å². The molecule has 6 heteroatoms. The number of hydrogen-bond donors (Lipinski definition) is 3. The van der Waals surface area contributed by atoms with Gasteiger partial charge in [0.1, 0.15) is 6.42 Å². The third-order valence-electron chi connectivity index (χ3n) is 0.802. The molecule has 0 aromatic heterocycles. The molecular weight excluding hydrogens is 209 g/mol. The van der Waals surface area contributed by atoms with Crippen LogP contribution in [0, 0.1) is 0 Å². The van der Waals surface area contributed by atoms with Gasteiger partial charge in [0.2, 0.25) is 0 Å². The SMILES string of the molecule is CCNCC.C[CH2][Na].O=C(O)CC(=O)O. The van der Waals surface area contributed by atoms with Crippen LogP contribution in [-0.4, -0.2) is 63.2 Å². The molecular formula is C9H20NNaO4. The van der Waals surface area contributed by atoms with Crippen molar-refractivity contribution in [3.8, 4) is 0 Å². The molecule has 86 valence electrons. The van der Waals surface area contributed by atoms with Crippen LogP contribution in [0.1, 0.15) is 27.2 Å². The van der Waals surface area contributed by atoms with Gasteiger partial charge in [-0.3, -0.25) is 9.59 Å². The van der Waals surface area contributed by atoms with Crippen LogP contribution in [0.2, 0.25) is 3.67 Å². The number of rotatable bonds is 4. The van der Waals surface area contributed by atoms with Crippen LogP contribution < -0.4 is 5.32 Å². The maximum atomic E-state index is 9.43. The normalized spacial score (nSPS) is 7.80. The van der Waals surface area contributed by atoms with Gasteiger partial charge >= 0.3 is 50.5 Å². The fraction of sp³-hybridized carbons (Fsp3) is 0.778. The Hall–Kier alpha value is -0.100. The summed E-state index contributed by atoms with van der Waals surface area (Å²) in [5, 5.41) is 18.5. The molecule has 0 saturated heterocycles. The summed E-state index contributed by atoms with van der Waals surface area (Å²) in [4.78, 5) is 18.9. The first kappa shape index (κ1) is 20.3. The Morgan fingerprint density at radius 1 is 1.07 bits per heavy atom. The molecule has 3 N–H and O–H groups in total. The van der Waals surface area contributed by atoms with Gasteiger partial charge in [0.25, 0.3) is 0 Å². The monoisotopic (exact) mass is 229 g/mol. The second kappa shape index (κ2) is 19.5. The molecule has 15 heavy (non-hydrogen) atoms. The number of carboxylic acid groups (broad SMARTS) is 2. The van der Waals surface area contributed by atoms with Gasteiger partial charge in [-0.2, -0.15) is 0 Å². The van der Waals surface area contributed by atoms with Gasteiger partial charge in [0.15, 0.2) is 0 Å². The van der Waals surface area contributed by atoms with E-state index in [-0.39, 0.29) is 0 Å². The molecule has 0 aromatic rings. The van der Waals surface area contributed by atoms with Crippen molar-refractivity contribution in [1.29, 1.82) is 0 Å². The minimum atomic E-state index is -1.31. The maximum absolute atomic E-state index is 9.43. The van der Waals surface area contributed by atoms with Crippen LogP contribution in [0.5, 0.6) is 0 Å². The zero-order chi connectivity index (χ0) is 12.7. The van der Waals surface area contributed by atoms with E-state index in [1.54, 1.807) is 0 Å². The van der Waals surface area contributed by atoms with Crippen LogP contribution in [0.25, 0.3) is 0 Å². The second-order valence-corrected chi connectivity index (χ2v) is 4.04. The first-order chi connectivity index (χ1) is 6.95. The van der Waals surface area contributed by atoms with E-state index in [0.29, 0.717) is 0 Å². The van der Waals surface area contributed by atoms with Crippen molar-refractivity contribution in [3.05, 3.63) is 0 Å². The third-order valence-corrected chi connectivity index (χ3v) is 0.802. The molecule has 0 heterocycles. The summed E-state index contributed by atoms with van der Waals surface area (Å²) in [6.45, 7) is 8.58. The standard InChI is InChI=1S/C4H11N.C3H4O4.C2H5.Na/c1-3-5-4-2;4-2(5)1-3(6)7;1-2;/h5H,3-4H2,1-2H3;1H2,(H,4,5)(H,6,7);1H2,2H3;. The average molecular weight is 229 g/mol. The Morgan fingerprint density at radius 3 is 1.33 bits per heavy atom. The van der Waals surface area contributed by atoms with Crippen LogP contribution in [0.4, 0.5) is 0 Å². The third kappa shape index (κ3) is 56.5. The number of aliphatic carboxylic acids is 2. The zero-order valence-corrected chi connectivity index (χ0v) is 12.0. The molecule has 0 amide bonds. The minimum absolute atomic E-state index is 0.806. The van der Waals surface area contributed by atoms with Crippen molar-refractivity contribution in [3.63, 3.8) is 0 Å². The van der Waals surface area contributed by atoms with E-state index in [1.807, 2.05) is 0 Å². The summed E-state index contributed by atoms with van der Waals surface area (Å²) in [5.74, 6) is -2.62. The minimum Gasteiger partial charge on any atom is -0.481 e. The van der Waals surface area contributed by atoms with Crippen molar-refractivity contribution in [2.45, 2.75) is 30.9 Å². The molecule has 0 unspecified atom stereocenters. The Labute approximate surface area is 109 Å². The van der Waals surface area contributed by atoms with E-state index in [0.717, 1.165) is 13.1 Å². The van der Waals surface area contributed by atoms with E-state index in [2.05, 4.69) is 26.1 Å². The number of hydrogen-bond acceptors (Lipinski definition) is 3. The van der Waals surface area contributed by atoms with Gasteiger partial charge in [-0.25, -0.2) is 0 Å². The summed E-state index contributed by atoms with van der Waals surface area (Å²) < 4.78 is 1.39. The van der Waals surface area contributed by atoms with Crippen molar-refractivity contribution >= 4 is 39.9 Å². The average Bonchev–Trinajstić information content (AvgIpc) is 2.05. The van der Waals surface area contributed by atoms with Gasteiger partial charge in [-0.05, 0) is 13.1 Å². The van der Waals surface area contributed by atoms with Crippen molar-refractivity contribution in [1.82, 2.24) is 5.32 Å². The fourth-order valence-electron chi connectivity index (χ4n) is 0.379. The predicted molar refractivity (Wildman–Crippen MR) is 60.3 cm³/mol. The first-order valence-electron chi connectivity index (χ1n) is 5.10. The van der Waals surface area contributed by atoms with E-state index < -0.39 is 18.4 Å². The van der Waals surface area contributed by atoms with Crippen LogP contribution in [-0.2, 0) is 9.59 Å². The molecule has 0 aromatic carbocycles. The van der Waals surface area contributed by atoms with Crippen molar-refractivity contribution < 1.29 is 19.8 Å². The smallest absolute Gasteiger partial charge is 0.314 e. The molecule has 0 atom stereocenters.